The fourth-order valence-electron chi connectivity index (χ4n) is 1.87. The lowest BCUT2D eigenvalue weighted by Crippen LogP contribution is -2.37. The maximum absolute atomic E-state index is 12.1. The highest BCUT2D eigenvalue weighted by atomic mass is 35.5. The van der Waals surface area contributed by atoms with Gasteiger partial charge in [-0.3, -0.25) is 9.59 Å². The van der Waals surface area contributed by atoms with Crippen molar-refractivity contribution in [2.75, 3.05) is 13.6 Å². The van der Waals surface area contributed by atoms with Crippen LogP contribution < -0.4 is 16.4 Å². The molecule has 124 valence electrons. The van der Waals surface area contributed by atoms with Gasteiger partial charge < -0.3 is 16.4 Å². The summed E-state index contributed by atoms with van der Waals surface area (Å²) < 4.78 is 1.37. The van der Waals surface area contributed by atoms with Gasteiger partial charge in [-0.1, -0.05) is 18.2 Å². The summed E-state index contributed by atoms with van der Waals surface area (Å²) in [5.74, 6) is -0.988. The van der Waals surface area contributed by atoms with E-state index in [2.05, 4.69) is 15.7 Å². The standard InChI is InChI=1S/C15H19N5O2.ClH/c1-10(17-2)9-18-15(22)12-8-13(14(16)21)20(19-12)11-6-4-3-5-7-11;/h3-8,10,17H,9H2,1-2H3,(H2,16,21)(H,18,22);1H. The number of halogens is 1. The summed E-state index contributed by atoms with van der Waals surface area (Å²) in [7, 11) is 1.81. The van der Waals surface area contributed by atoms with E-state index in [0.717, 1.165) is 0 Å². The predicted molar refractivity (Wildman–Crippen MR) is 90.2 cm³/mol. The molecule has 2 rings (SSSR count). The molecule has 0 radical (unpaired) electrons. The molecule has 0 aliphatic carbocycles. The fraction of sp³-hybridized carbons (Fsp3) is 0.267. The molecular weight excluding hydrogens is 318 g/mol. The quantitative estimate of drug-likeness (QED) is 0.723. The Bertz CT molecular complexity index is 672. The monoisotopic (exact) mass is 337 g/mol. The summed E-state index contributed by atoms with van der Waals surface area (Å²) in [5, 5.41) is 9.96. The van der Waals surface area contributed by atoms with Crippen LogP contribution in [0.1, 0.15) is 27.9 Å². The van der Waals surface area contributed by atoms with E-state index in [1.54, 1.807) is 12.1 Å². The van der Waals surface area contributed by atoms with E-state index in [1.165, 1.54) is 10.7 Å². The number of likely N-dealkylation sites (N-methyl/N-ethyl adjacent to an activating group) is 1. The van der Waals surface area contributed by atoms with Crippen molar-refractivity contribution in [2.45, 2.75) is 13.0 Å². The molecule has 4 N–H and O–H groups in total. The minimum atomic E-state index is -0.640. The number of rotatable bonds is 6. The van der Waals surface area contributed by atoms with E-state index < -0.39 is 5.91 Å². The number of carbonyl (C=O) groups is 2. The number of amides is 2. The molecule has 0 aliphatic rings. The van der Waals surface area contributed by atoms with Gasteiger partial charge >= 0.3 is 0 Å². The molecule has 23 heavy (non-hydrogen) atoms. The largest absolute Gasteiger partial charge is 0.364 e. The zero-order chi connectivity index (χ0) is 16.1. The van der Waals surface area contributed by atoms with Gasteiger partial charge in [0.2, 0.25) is 0 Å². The van der Waals surface area contributed by atoms with E-state index in [0.29, 0.717) is 12.2 Å². The first-order chi connectivity index (χ1) is 10.5. The molecule has 2 aromatic rings. The molecule has 7 nitrogen and oxygen atoms in total. The number of hydrogen-bond donors (Lipinski definition) is 3. The fourth-order valence-corrected chi connectivity index (χ4v) is 1.87. The number of nitrogens with two attached hydrogens (primary N) is 1. The molecule has 0 bridgehead atoms. The van der Waals surface area contributed by atoms with E-state index >= 15 is 0 Å². The molecule has 1 aromatic heterocycles. The van der Waals surface area contributed by atoms with Crippen molar-refractivity contribution >= 4 is 24.2 Å². The van der Waals surface area contributed by atoms with Gasteiger partial charge in [-0.15, -0.1) is 12.4 Å². The molecule has 0 saturated heterocycles. The van der Waals surface area contributed by atoms with Gasteiger partial charge in [0.1, 0.15) is 5.69 Å². The van der Waals surface area contributed by atoms with Gasteiger partial charge in [0.05, 0.1) is 5.69 Å². The van der Waals surface area contributed by atoms with Crippen molar-refractivity contribution in [1.82, 2.24) is 20.4 Å². The van der Waals surface area contributed by atoms with Crippen LogP contribution in [0.25, 0.3) is 5.69 Å². The van der Waals surface area contributed by atoms with Gasteiger partial charge in [0.15, 0.2) is 5.69 Å². The van der Waals surface area contributed by atoms with Crippen LogP contribution in [-0.2, 0) is 0 Å². The molecule has 1 atom stereocenters. The first kappa shape index (κ1) is 18.7. The van der Waals surface area contributed by atoms with Crippen LogP contribution in [0.5, 0.6) is 0 Å². The first-order valence-corrected chi connectivity index (χ1v) is 6.93. The summed E-state index contributed by atoms with van der Waals surface area (Å²) in [6.07, 6.45) is 0. The molecule has 0 spiro atoms. The smallest absolute Gasteiger partial charge is 0.271 e. The Labute approximate surface area is 140 Å². The number of para-hydroxylation sites is 1. The number of hydrogen-bond acceptors (Lipinski definition) is 4. The number of primary amides is 1. The molecule has 1 aromatic carbocycles. The minimum Gasteiger partial charge on any atom is -0.364 e. The molecular formula is C15H20ClN5O2. The summed E-state index contributed by atoms with van der Waals surface area (Å²) in [5.41, 5.74) is 6.35. The third kappa shape index (κ3) is 4.54. The average Bonchev–Trinajstić information content (AvgIpc) is 2.98. The van der Waals surface area contributed by atoms with Crippen molar-refractivity contribution in [2.24, 2.45) is 5.73 Å². The highest BCUT2D eigenvalue weighted by molar-refractivity contribution is 5.97. The molecule has 1 unspecified atom stereocenters. The Morgan fingerprint density at radius 2 is 1.96 bits per heavy atom. The average molecular weight is 338 g/mol. The van der Waals surface area contributed by atoms with Gasteiger partial charge in [-0.25, -0.2) is 4.68 Å². The second-order valence-corrected chi connectivity index (χ2v) is 4.93. The number of nitrogens with zero attached hydrogens (tertiary/aromatic N) is 2. The van der Waals surface area contributed by atoms with E-state index in [4.69, 9.17) is 5.73 Å². The lowest BCUT2D eigenvalue weighted by atomic mass is 10.3. The van der Waals surface area contributed by atoms with Crippen molar-refractivity contribution < 1.29 is 9.59 Å². The summed E-state index contributed by atoms with van der Waals surface area (Å²) in [6, 6.07) is 10.6. The van der Waals surface area contributed by atoms with Crippen LogP contribution in [0.3, 0.4) is 0 Å². The number of benzene rings is 1. The second-order valence-electron chi connectivity index (χ2n) is 4.93. The Morgan fingerprint density at radius 3 is 2.52 bits per heavy atom. The third-order valence-electron chi connectivity index (χ3n) is 3.26. The summed E-state index contributed by atoms with van der Waals surface area (Å²) >= 11 is 0. The minimum absolute atomic E-state index is 0. The van der Waals surface area contributed by atoms with Crippen LogP contribution >= 0.6 is 12.4 Å². The Hall–Kier alpha value is -2.38. The topological polar surface area (TPSA) is 102 Å². The number of carbonyl (C=O) groups excluding carboxylic acids is 2. The lowest BCUT2D eigenvalue weighted by molar-refractivity contribution is 0.0944. The van der Waals surface area contributed by atoms with Crippen molar-refractivity contribution in [3.8, 4) is 5.69 Å². The van der Waals surface area contributed by atoms with Gasteiger partial charge in [0.25, 0.3) is 11.8 Å². The summed E-state index contributed by atoms with van der Waals surface area (Å²) in [6.45, 7) is 2.40. The SMILES string of the molecule is CNC(C)CNC(=O)c1cc(C(N)=O)n(-c2ccccc2)n1.Cl. The van der Waals surface area contributed by atoms with E-state index in [1.807, 2.05) is 32.2 Å². The Morgan fingerprint density at radius 1 is 1.30 bits per heavy atom. The zero-order valence-corrected chi connectivity index (χ0v) is 13.8. The second kappa shape index (κ2) is 8.30. The van der Waals surface area contributed by atoms with E-state index in [9.17, 15) is 9.59 Å². The summed E-state index contributed by atoms with van der Waals surface area (Å²) in [4.78, 5) is 23.7. The van der Waals surface area contributed by atoms with Crippen molar-refractivity contribution in [3.05, 3.63) is 47.8 Å². The van der Waals surface area contributed by atoms with Crippen LogP contribution in [0.2, 0.25) is 0 Å². The number of nitrogens with one attached hydrogen (secondary N) is 2. The van der Waals surface area contributed by atoms with Gasteiger partial charge in [0, 0.05) is 18.7 Å². The third-order valence-corrected chi connectivity index (χ3v) is 3.26. The lowest BCUT2D eigenvalue weighted by Gasteiger charge is -2.10. The molecule has 2 amide bonds. The van der Waals surface area contributed by atoms with Crippen molar-refractivity contribution in [3.63, 3.8) is 0 Å². The molecule has 0 aliphatic heterocycles. The van der Waals surface area contributed by atoms with Crippen LogP contribution in [-0.4, -0.2) is 41.2 Å². The predicted octanol–water partition coefficient (Wildman–Crippen LogP) is 0.731. The van der Waals surface area contributed by atoms with Gasteiger partial charge in [-0.05, 0) is 26.1 Å². The molecule has 0 saturated carbocycles. The Kier molecular flexibility index (Phi) is 6.74. The number of aromatic nitrogens is 2. The van der Waals surface area contributed by atoms with Crippen LogP contribution in [0.15, 0.2) is 36.4 Å². The molecule has 0 fully saturated rings. The first-order valence-electron chi connectivity index (χ1n) is 6.93. The normalized spacial score (nSPS) is 11.4. The van der Waals surface area contributed by atoms with Crippen LogP contribution in [0, 0.1) is 0 Å². The maximum atomic E-state index is 12.1. The Balaban J connectivity index is 0.00000264. The van der Waals surface area contributed by atoms with E-state index in [-0.39, 0.29) is 35.7 Å². The van der Waals surface area contributed by atoms with Crippen LogP contribution in [0.4, 0.5) is 0 Å². The highest BCUT2D eigenvalue weighted by Crippen LogP contribution is 2.12. The zero-order valence-electron chi connectivity index (χ0n) is 12.9. The van der Waals surface area contributed by atoms with Gasteiger partial charge in [-0.2, -0.15) is 5.10 Å². The highest BCUT2D eigenvalue weighted by Gasteiger charge is 2.18. The maximum Gasteiger partial charge on any atom is 0.271 e. The van der Waals surface area contributed by atoms with Crippen molar-refractivity contribution in [1.29, 1.82) is 0 Å². The molecule has 8 heteroatoms. The molecule has 1 heterocycles.